The van der Waals surface area contributed by atoms with Crippen LogP contribution in [-0.4, -0.2) is 0 Å². The molecule has 0 saturated carbocycles. The second-order valence-electron chi connectivity index (χ2n) is 2.79. The number of anilines is 1. The smallest absolute Gasteiger partial charge is 0.0381 e. The van der Waals surface area contributed by atoms with Gasteiger partial charge in [-0.15, -0.1) is 12.3 Å². The molecule has 66 valence electrons. The van der Waals surface area contributed by atoms with Crippen LogP contribution < -0.4 is 5.32 Å². The first-order chi connectivity index (χ1) is 6.33. The molecule has 0 heterocycles. The van der Waals surface area contributed by atoms with Crippen molar-refractivity contribution in [3.8, 4) is 12.3 Å². The van der Waals surface area contributed by atoms with Crippen LogP contribution in [0.4, 0.5) is 5.69 Å². The predicted octanol–water partition coefficient (Wildman–Crippen LogP) is 3.03. The molecule has 1 heteroatoms. The van der Waals surface area contributed by atoms with Gasteiger partial charge in [0.05, 0.1) is 0 Å². The van der Waals surface area contributed by atoms with Gasteiger partial charge in [-0.1, -0.05) is 24.3 Å². The van der Waals surface area contributed by atoms with Gasteiger partial charge in [-0.05, 0) is 19.1 Å². The minimum absolute atomic E-state index is 0.672. The van der Waals surface area contributed by atoms with E-state index in [1.54, 1.807) is 0 Å². The molecule has 0 amide bonds. The summed E-state index contributed by atoms with van der Waals surface area (Å²) in [4.78, 5) is 0. The van der Waals surface area contributed by atoms with Crippen molar-refractivity contribution < 1.29 is 0 Å². The van der Waals surface area contributed by atoms with Gasteiger partial charge >= 0.3 is 0 Å². The molecular formula is C12H13N. The molecule has 0 spiro atoms. The zero-order valence-electron chi connectivity index (χ0n) is 7.75. The van der Waals surface area contributed by atoms with E-state index in [0.29, 0.717) is 6.42 Å². The summed E-state index contributed by atoms with van der Waals surface area (Å²) in [6.45, 7) is 2.00. The first-order valence-corrected chi connectivity index (χ1v) is 4.25. The zero-order valence-corrected chi connectivity index (χ0v) is 7.75. The number of allylic oxidation sites excluding steroid dienone is 2. The molecule has 0 aliphatic heterocycles. The Balaban J connectivity index is 2.56. The lowest BCUT2D eigenvalue weighted by Crippen LogP contribution is -1.94. The van der Waals surface area contributed by atoms with Gasteiger partial charge in [-0.3, -0.25) is 0 Å². The van der Waals surface area contributed by atoms with Crippen LogP contribution in [0.25, 0.3) is 0 Å². The lowest BCUT2D eigenvalue weighted by atomic mass is 10.3. The number of rotatable bonds is 3. The number of nitrogens with one attached hydrogen (secondary N) is 1. The fraction of sp³-hybridized carbons (Fsp3) is 0.167. The van der Waals surface area contributed by atoms with E-state index in [1.165, 1.54) is 0 Å². The summed E-state index contributed by atoms with van der Waals surface area (Å²) in [5.41, 5.74) is 2.18. The Kier molecular flexibility index (Phi) is 3.66. The fourth-order valence-electron chi connectivity index (χ4n) is 1.01. The number of terminal acetylenes is 1. The highest BCUT2D eigenvalue weighted by Gasteiger charge is 1.89. The van der Waals surface area contributed by atoms with Gasteiger partial charge in [0.15, 0.2) is 0 Å². The first-order valence-electron chi connectivity index (χ1n) is 4.25. The average Bonchev–Trinajstić information content (AvgIpc) is 2.16. The van der Waals surface area contributed by atoms with Crippen LogP contribution in [-0.2, 0) is 0 Å². The summed E-state index contributed by atoms with van der Waals surface area (Å²) in [6, 6.07) is 10.0. The Hall–Kier alpha value is -1.68. The second kappa shape index (κ2) is 5.05. The predicted molar refractivity (Wildman–Crippen MR) is 57.3 cm³/mol. The second-order valence-corrected chi connectivity index (χ2v) is 2.79. The molecular weight excluding hydrogens is 158 g/mol. The Morgan fingerprint density at radius 3 is 2.77 bits per heavy atom. The first kappa shape index (κ1) is 9.41. The van der Waals surface area contributed by atoms with Crippen LogP contribution in [0.5, 0.6) is 0 Å². The lowest BCUT2D eigenvalue weighted by Gasteiger charge is -2.04. The van der Waals surface area contributed by atoms with Gasteiger partial charge in [0.1, 0.15) is 0 Å². The van der Waals surface area contributed by atoms with Crippen molar-refractivity contribution in [1.82, 2.24) is 0 Å². The zero-order chi connectivity index (χ0) is 9.52. The van der Waals surface area contributed by atoms with Crippen molar-refractivity contribution >= 4 is 5.69 Å². The molecule has 1 nitrogen and oxygen atoms in total. The number of hydrogen-bond donors (Lipinski definition) is 1. The van der Waals surface area contributed by atoms with Crippen LogP contribution in [0.2, 0.25) is 0 Å². The van der Waals surface area contributed by atoms with E-state index in [9.17, 15) is 0 Å². The Morgan fingerprint density at radius 1 is 1.46 bits per heavy atom. The summed E-state index contributed by atoms with van der Waals surface area (Å²) in [7, 11) is 0. The third-order valence-corrected chi connectivity index (χ3v) is 1.64. The molecule has 0 aliphatic rings. The van der Waals surface area contributed by atoms with Gasteiger partial charge in [0.2, 0.25) is 0 Å². The summed E-state index contributed by atoms with van der Waals surface area (Å²) >= 11 is 0. The highest BCUT2D eigenvalue weighted by Crippen LogP contribution is 2.08. The maximum absolute atomic E-state index is 5.15. The molecule has 0 fully saturated rings. The van der Waals surface area contributed by atoms with E-state index >= 15 is 0 Å². The van der Waals surface area contributed by atoms with Gasteiger partial charge in [0, 0.05) is 17.8 Å². The fourth-order valence-corrected chi connectivity index (χ4v) is 1.01. The van der Waals surface area contributed by atoms with Crippen LogP contribution in [0.15, 0.2) is 42.1 Å². The molecule has 13 heavy (non-hydrogen) atoms. The van der Waals surface area contributed by atoms with Crippen molar-refractivity contribution in [2.45, 2.75) is 13.3 Å². The quantitative estimate of drug-likeness (QED) is 0.689. The van der Waals surface area contributed by atoms with Gasteiger partial charge in [-0.25, -0.2) is 0 Å². The minimum atomic E-state index is 0.672. The van der Waals surface area contributed by atoms with Gasteiger partial charge in [0.25, 0.3) is 0 Å². The average molecular weight is 171 g/mol. The molecule has 0 aliphatic carbocycles. The standard InChI is InChI=1S/C12H13N/c1-3-4-8-11(2)13-12-9-6-5-7-10-12/h1,5-10,13H,4H2,2H3. The van der Waals surface area contributed by atoms with E-state index in [4.69, 9.17) is 6.42 Å². The molecule has 1 aromatic rings. The van der Waals surface area contributed by atoms with Crippen LogP contribution in [0.1, 0.15) is 13.3 Å². The minimum Gasteiger partial charge on any atom is -0.359 e. The maximum atomic E-state index is 5.15. The van der Waals surface area contributed by atoms with Crippen molar-refractivity contribution in [3.63, 3.8) is 0 Å². The molecule has 0 saturated heterocycles. The molecule has 0 radical (unpaired) electrons. The number of para-hydroxylation sites is 1. The highest BCUT2D eigenvalue weighted by atomic mass is 14.9. The summed E-state index contributed by atoms with van der Waals surface area (Å²) < 4.78 is 0. The normalized spacial score (nSPS) is 10.6. The lowest BCUT2D eigenvalue weighted by molar-refractivity contribution is 1.30. The molecule has 0 unspecified atom stereocenters. The van der Waals surface area contributed by atoms with E-state index in [-0.39, 0.29) is 0 Å². The Labute approximate surface area is 79.5 Å². The number of hydrogen-bond acceptors (Lipinski definition) is 1. The van der Waals surface area contributed by atoms with Crippen LogP contribution in [0, 0.1) is 12.3 Å². The molecule has 0 aromatic heterocycles. The summed E-state index contributed by atoms with van der Waals surface area (Å²) in [5, 5.41) is 3.24. The van der Waals surface area contributed by atoms with E-state index in [0.717, 1.165) is 11.4 Å². The van der Waals surface area contributed by atoms with Crippen molar-refractivity contribution in [3.05, 3.63) is 42.1 Å². The maximum Gasteiger partial charge on any atom is 0.0381 e. The number of benzene rings is 1. The van der Waals surface area contributed by atoms with Crippen LogP contribution in [0.3, 0.4) is 0 Å². The molecule has 1 N–H and O–H groups in total. The summed E-state index contributed by atoms with van der Waals surface area (Å²) in [6.07, 6.45) is 7.81. The SMILES string of the molecule is C#CCC=C(C)Nc1ccccc1. The van der Waals surface area contributed by atoms with Crippen molar-refractivity contribution in [2.24, 2.45) is 0 Å². The van der Waals surface area contributed by atoms with Gasteiger partial charge in [-0.2, -0.15) is 0 Å². The monoisotopic (exact) mass is 171 g/mol. The molecule has 1 rings (SSSR count). The Morgan fingerprint density at radius 2 is 2.15 bits per heavy atom. The third-order valence-electron chi connectivity index (χ3n) is 1.64. The Bertz CT molecular complexity index is 317. The highest BCUT2D eigenvalue weighted by molar-refractivity contribution is 5.47. The van der Waals surface area contributed by atoms with E-state index in [2.05, 4.69) is 11.2 Å². The summed E-state index contributed by atoms with van der Waals surface area (Å²) in [5.74, 6) is 2.57. The van der Waals surface area contributed by atoms with Crippen molar-refractivity contribution in [1.29, 1.82) is 0 Å². The topological polar surface area (TPSA) is 12.0 Å². The van der Waals surface area contributed by atoms with Crippen molar-refractivity contribution in [2.75, 3.05) is 5.32 Å². The van der Waals surface area contributed by atoms with Gasteiger partial charge < -0.3 is 5.32 Å². The van der Waals surface area contributed by atoms with Crippen LogP contribution >= 0.6 is 0 Å². The molecule has 0 bridgehead atoms. The largest absolute Gasteiger partial charge is 0.359 e. The van der Waals surface area contributed by atoms with E-state index in [1.807, 2.05) is 43.3 Å². The molecule has 1 aromatic carbocycles. The molecule has 0 atom stereocenters. The third kappa shape index (κ3) is 3.48. The van der Waals surface area contributed by atoms with E-state index < -0.39 is 0 Å².